The summed E-state index contributed by atoms with van der Waals surface area (Å²) in [7, 11) is 2.21. The number of nitrogens with one attached hydrogen (secondary N) is 1. The number of rotatable bonds is 3. The summed E-state index contributed by atoms with van der Waals surface area (Å²) in [6.07, 6.45) is 2.60. The minimum Gasteiger partial charge on any atom is -0.306 e. The lowest BCUT2D eigenvalue weighted by molar-refractivity contribution is 0.218. The lowest BCUT2D eigenvalue weighted by Crippen LogP contribution is -2.44. The highest BCUT2D eigenvalue weighted by Gasteiger charge is 2.19. The van der Waals surface area contributed by atoms with Crippen molar-refractivity contribution in [2.45, 2.75) is 31.8 Å². The molecule has 2 unspecified atom stereocenters. The van der Waals surface area contributed by atoms with E-state index in [9.17, 15) is 0 Å². The largest absolute Gasteiger partial charge is 0.306 e. The predicted molar refractivity (Wildman–Crippen MR) is 76.2 cm³/mol. The van der Waals surface area contributed by atoms with E-state index >= 15 is 0 Å². The highest BCUT2D eigenvalue weighted by molar-refractivity contribution is 9.10. The Morgan fingerprint density at radius 1 is 1.47 bits per heavy atom. The van der Waals surface area contributed by atoms with Crippen LogP contribution in [0, 0.1) is 0 Å². The van der Waals surface area contributed by atoms with Gasteiger partial charge in [-0.2, -0.15) is 0 Å². The van der Waals surface area contributed by atoms with Crippen LogP contribution in [0.3, 0.4) is 0 Å². The van der Waals surface area contributed by atoms with E-state index in [1.165, 1.54) is 31.5 Å². The number of likely N-dealkylation sites (tertiary alicyclic amines) is 1. The van der Waals surface area contributed by atoms with Crippen molar-refractivity contribution < 1.29 is 0 Å². The topological polar surface area (TPSA) is 15.3 Å². The molecule has 1 aliphatic heterocycles. The Labute approximate surface area is 113 Å². The molecule has 1 aliphatic rings. The molecule has 94 valence electrons. The minimum atomic E-state index is 0.420. The third-order valence-corrected chi connectivity index (χ3v) is 3.95. The van der Waals surface area contributed by atoms with Gasteiger partial charge in [0.2, 0.25) is 0 Å². The summed E-state index contributed by atoms with van der Waals surface area (Å²) < 4.78 is 1.16. The molecular weight excluding hydrogens is 276 g/mol. The number of hydrogen-bond acceptors (Lipinski definition) is 2. The van der Waals surface area contributed by atoms with Crippen LogP contribution in [0.2, 0.25) is 0 Å². The van der Waals surface area contributed by atoms with Crippen LogP contribution in [0.25, 0.3) is 0 Å². The molecule has 0 aromatic heterocycles. The molecule has 1 fully saturated rings. The van der Waals surface area contributed by atoms with Gasteiger partial charge in [-0.1, -0.05) is 28.1 Å². The van der Waals surface area contributed by atoms with Gasteiger partial charge in [0.1, 0.15) is 0 Å². The molecule has 2 atom stereocenters. The normalized spacial score (nSPS) is 23.6. The van der Waals surface area contributed by atoms with Crippen molar-refractivity contribution in [3.05, 3.63) is 34.3 Å². The Kier molecular flexibility index (Phi) is 4.60. The van der Waals surface area contributed by atoms with Crippen LogP contribution in [-0.4, -0.2) is 31.1 Å². The first-order valence-electron chi connectivity index (χ1n) is 6.35. The van der Waals surface area contributed by atoms with Crippen molar-refractivity contribution in [3.63, 3.8) is 0 Å². The summed E-state index contributed by atoms with van der Waals surface area (Å²) in [5.74, 6) is 0. The summed E-state index contributed by atoms with van der Waals surface area (Å²) in [5, 5.41) is 3.73. The number of benzene rings is 1. The molecule has 0 spiro atoms. The zero-order chi connectivity index (χ0) is 12.3. The maximum Gasteiger partial charge on any atom is 0.0295 e. The number of nitrogens with zero attached hydrogens (tertiary/aromatic N) is 1. The maximum atomic E-state index is 3.73. The Morgan fingerprint density at radius 3 is 3.00 bits per heavy atom. The van der Waals surface area contributed by atoms with Crippen molar-refractivity contribution in [2.75, 3.05) is 20.1 Å². The third-order valence-electron chi connectivity index (χ3n) is 3.46. The molecule has 17 heavy (non-hydrogen) atoms. The van der Waals surface area contributed by atoms with Crippen molar-refractivity contribution in [2.24, 2.45) is 0 Å². The summed E-state index contributed by atoms with van der Waals surface area (Å²) in [4.78, 5) is 2.41. The SMILES string of the molecule is CC(NC1CCCN(C)C1)c1cccc(Br)c1. The Balaban J connectivity index is 1.94. The van der Waals surface area contributed by atoms with E-state index in [0.717, 1.165) is 4.47 Å². The third kappa shape index (κ3) is 3.80. The van der Waals surface area contributed by atoms with Crippen LogP contribution in [0.4, 0.5) is 0 Å². The molecule has 1 heterocycles. The molecule has 0 saturated carbocycles. The molecule has 1 N–H and O–H groups in total. The van der Waals surface area contributed by atoms with E-state index in [1.54, 1.807) is 0 Å². The van der Waals surface area contributed by atoms with Gasteiger partial charge in [0, 0.05) is 23.1 Å². The zero-order valence-electron chi connectivity index (χ0n) is 10.6. The van der Waals surface area contributed by atoms with Crippen molar-refractivity contribution in [1.29, 1.82) is 0 Å². The van der Waals surface area contributed by atoms with Crippen LogP contribution < -0.4 is 5.32 Å². The van der Waals surface area contributed by atoms with Crippen LogP contribution in [0.1, 0.15) is 31.4 Å². The number of piperidine rings is 1. The Hall–Kier alpha value is -0.380. The number of likely N-dealkylation sites (N-methyl/N-ethyl adjacent to an activating group) is 1. The molecule has 0 bridgehead atoms. The molecule has 1 saturated heterocycles. The van der Waals surface area contributed by atoms with Crippen molar-refractivity contribution >= 4 is 15.9 Å². The molecule has 1 aromatic rings. The molecule has 0 radical (unpaired) electrons. The van der Waals surface area contributed by atoms with E-state index in [4.69, 9.17) is 0 Å². The van der Waals surface area contributed by atoms with Gasteiger partial charge in [-0.05, 0) is 51.1 Å². The highest BCUT2D eigenvalue weighted by atomic mass is 79.9. The first-order chi connectivity index (χ1) is 8.15. The Bertz CT molecular complexity index is 367. The van der Waals surface area contributed by atoms with E-state index in [0.29, 0.717) is 12.1 Å². The number of hydrogen-bond donors (Lipinski definition) is 1. The van der Waals surface area contributed by atoms with Gasteiger partial charge < -0.3 is 10.2 Å². The molecule has 0 amide bonds. The molecule has 0 aliphatic carbocycles. The minimum absolute atomic E-state index is 0.420. The second-order valence-electron chi connectivity index (χ2n) is 5.04. The summed E-state index contributed by atoms with van der Waals surface area (Å²) in [5.41, 5.74) is 1.35. The molecule has 1 aromatic carbocycles. The van der Waals surface area contributed by atoms with Gasteiger partial charge in [0.25, 0.3) is 0 Å². The summed E-state index contributed by atoms with van der Waals surface area (Å²) in [6.45, 7) is 4.65. The van der Waals surface area contributed by atoms with Gasteiger partial charge in [0.15, 0.2) is 0 Å². The van der Waals surface area contributed by atoms with Crippen LogP contribution >= 0.6 is 15.9 Å². The predicted octanol–water partition coefficient (Wildman–Crippen LogP) is 3.19. The molecule has 3 heteroatoms. The van der Waals surface area contributed by atoms with Gasteiger partial charge >= 0.3 is 0 Å². The smallest absolute Gasteiger partial charge is 0.0295 e. The van der Waals surface area contributed by atoms with Crippen LogP contribution in [0.5, 0.6) is 0 Å². The molecular formula is C14H21BrN2. The fourth-order valence-corrected chi connectivity index (χ4v) is 2.95. The quantitative estimate of drug-likeness (QED) is 0.921. The lowest BCUT2D eigenvalue weighted by atomic mass is 10.0. The average Bonchev–Trinajstić information content (AvgIpc) is 2.29. The molecule has 2 rings (SSSR count). The summed E-state index contributed by atoms with van der Waals surface area (Å²) in [6, 6.07) is 9.61. The van der Waals surface area contributed by atoms with E-state index < -0.39 is 0 Å². The maximum absolute atomic E-state index is 3.73. The summed E-state index contributed by atoms with van der Waals surface area (Å²) >= 11 is 3.53. The second-order valence-corrected chi connectivity index (χ2v) is 5.96. The fraction of sp³-hybridized carbons (Fsp3) is 0.571. The zero-order valence-corrected chi connectivity index (χ0v) is 12.2. The monoisotopic (exact) mass is 296 g/mol. The fourth-order valence-electron chi connectivity index (χ4n) is 2.53. The Morgan fingerprint density at radius 2 is 2.29 bits per heavy atom. The van der Waals surface area contributed by atoms with E-state index in [2.05, 4.69) is 64.4 Å². The first-order valence-corrected chi connectivity index (χ1v) is 7.14. The van der Waals surface area contributed by atoms with Crippen molar-refractivity contribution in [3.8, 4) is 0 Å². The van der Waals surface area contributed by atoms with E-state index in [1.807, 2.05) is 0 Å². The van der Waals surface area contributed by atoms with Gasteiger partial charge in [0.05, 0.1) is 0 Å². The van der Waals surface area contributed by atoms with Crippen LogP contribution in [-0.2, 0) is 0 Å². The van der Waals surface area contributed by atoms with Gasteiger partial charge in [-0.3, -0.25) is 0 Å². The van der Waals surface area contributed by atoms with E-state index in [-0.39, 0.29) is 0 Å². The first kappa shape index (κ1) is 13.1. The standard InChI is InChI=1S/C14H21BrN2/c1-11(12-5-3-6-13(15)9-12)16-14-7-4-8-17(2)10-14/h3,5-6,9,11,14,16H,4,7-8,10H2,1-2H3. The second kappa shape index (κ2) is 5.98. The number of halogens is 1. The van der Waals surface area contributed by atoms with Gasteiger partial charge in [-0.25, -0.2) is 0 Å². The average molecular weight is 297 g/mol. The lowest BCUT2D eigenvalue weighted by Gasteiger charge is -2.32. The van der Waals surface area contributed by atoms with Gasteiger partial charge in [-0.15, -0.1) is 0 Å². The highest BCUT2D eigenvalue weighted by Crippen LogP contribution is 2.19. The molecule has 2 nitrogen and oxygen atoms in total. The van der Waals surface area contributed by atoms with Crippen molar-refractivity contribution in [1.82, 2.24) is 10.2 Å². The van der Waals surface area contributed by atoms with Crippen LogP contribution in [0.15, 0.2) is 28.7 Å².